The Hall–Kier alpha value is -1.38. The zero-order valence-electron chi connectivity index (χ0n) is 8.36. The second kappa shape index (κ2) is 4.60. The fourth-order valence-electron chi connectivity index (χ4n) is 1.08. The number of aryl methyl sites for hydroxylation is 1. The van der Waals surface area contributed by atoms with Gasteiger partial charge in [-0.15, -0.1) is 0 Å². The molecule has 0 aromatic carbocycles. The Morgan fingerprint density at radius 2 is 2.08 bits per heavy atom. The summed E-state index contributed by atoms with van der Waals surface area (Å²) >= 11 is 0. The Labute approximate surface area is 78.8 Å². The maximum absolute atomic E-state index is 4.22. The lowest BCUT2D eigenvalue weighted by Gasteiger charge is -1.88. The summed E-state index contributed by atoms with van der Waals surface area (Å²) < 4.78 is 1.79. The molecule has 70 valence electrons. The highest BCUT2D eigenvalue weighted by Crippen LogP contribution is 2.06. The van der Waals surface area contributed by atoms with E-state index in [1.165, 1.54) is 0 Å². The maximum Gasteiger partial charge on any atom is 0.155 e. The third kappa shape index (κ3) is 2.28. The minimum Gasteiger partial charge on any atom is -0.221 e. The fraction of sp³-hybridized carbons (Fsp3) is 0.400. The van der Waals surface area contributed by atoms with Crippen molar-refractivity contribution >= 4 is 12.3 Å². The van der Waals surface area contributed by atoms with Gasteiger partial charge >= 0.3 is 0 Å². The van der Waals surface area contributed by atoms with Crippen molar-refractivity contribution in [3.63, 3.8) is 0 Å². The van der Waals surface area contributed by atoms with Crippen LogP contribution < -0.4 is 0 Å². The highest BCUT2D eigenvalue weighted by atomic mass is 15.3. The average Bonchev–Trinajstić information content (AvgIpc) is 2.36. The van der Waals surface area contributed by atoms with Crippen LogP contribution in [0.5, 0.6) is 0 Å². The minimum atomic E-state index is 0.816. The first kappa shape index (κ1) is 9.71. The maximum atomic E-state index is 4.22. The molecule has 1 aliphatic rings. The van der Waals surface area contributed by atoms with Gasteiger partial charge in [0, 0.05) is 6.20 Å². The summed E-state index contributed by atoms with van der Waals surface area (Å²) in [6.45, 7) is 5.89. The van der Waals surface area contributed by atoms with Crippen molar-refractivity contribution in [1.82, 2.24) is 14.8 Å². The van der Waals surface area contributed by atoms with Crippen molar-refractivity contribution in [2.75, 3.05) is 0 Å². The monoisotopic (exact) mass is 177 g/mol. The summed E-state index contributed by atoms with van der Waals surface area (Å²) in [5, 5.41) is 4.18. The SMILES string of the molecule is CC.Cc1nc2n(n1)C=CCC=C2. The summed E-state index contributed by atoms with van der Waals surface area (Å²) in [6.07, 6.45) is 9.02. The molecule has 13 heavy (non-hydrogen) atoms. The molecule has 2 heterocycles. The molecular formula is C10H15N3. The first-order valence-corrected chi connectivity index (χ1v) is 4.62. The number of allylic oxidation sites excluding steroid dienone is 2. The molecule has 3 heteroatoms. The van der Waals surface area contributed by atoms with Gasteiger partial charge in [-0.1, -0.05) is 26.0 Å². The largest absolute Gasteiger partial charge is 0.221 e. The first-order chi connectivity index (χ1) is 6.36. The van der Waals surface area contributed by atoms with Gasteiger partial charge in [0.25, 0.3) is 0 Å². The Bertz CT molecular complexity index is 291. The van der Waals surface area contributed by atoms with Crippen LogP contribution in [0.25, 0.3) is 12.3 Å². The smallest absolute Gasteiger partial charge is 0.155 e. The molecule has 0 saturated heterocycles. The van der Waals surface area contributed by atoms with Crippen LogP contribution in [0.2, 0.25) is 0 Å². The van der Waals surface area contributed by atoms with E-state index < -0.39 is 0 Å². The third-order valence-electron chi connectivity index (χ3n) is 1.55. The van der Waals surface area contributed by atoms with Gasteiger partial charge in [0.15, 0.2) is 5.82 Å². The average molecular weight is 177 g/mol. The lowest BCUT2D eigenvalue weighted by atomic mass is 10.4. The van der Waals surface area contributed by atoms with E-state index in [0.717, 1.165) is 18.1 Å². The van der Waals surface area contributed by atoms with Crippen molar-refractivity contribution in [3.8, 4) is 0 Å². The number of hydrogen-bond donors (Lipinski definition) is 0. The standard InChI is InChI=1S/C8H9N3.C2H6/c1-7-9-8-5-3-2-4-6-11(8)10-7;1-2/h3-6H,2H2,1H3;1-2H3. The molecule has 0 spiro atoms. The van der Waals surface area contributed by atoms with Gasteiger partial charge in [-0.3, -0.25) is 0 Å². The topological polar surface area (TPSA) is 30.7 Å². The van der Waals surface area contributed by atoms with Crippen LogP contribution in [-0.2, 0) is 0 Å². The van der Waals surface area contributed by atoms with Crippen LogP contribution in [0.15, 0.2) is 12.2 Å². The van der Waals surface area contributed by atoms with Crippen molar-refractivity contribution < 1.29 is 0 Å². The predicted molar refractivity (Wildman–Crippen MR) is 55.1 cm³/mol. The van der Waals surface area contributed by atoms with Crippen molar-refractivity contribution in [2.45, 2.75) is 27.2 Å². The Balaban J connectivity index is 0.000000396. The molecule has 1 aromatic heterocycles. The van der Waals surface area contributed by atoms with Gasteiger partial charge in [-0.05, 0) is 19.4 Å². The highest BCUT2D eigenvalue weighted by molar-refractivity contribution is 5.47. The van der Waals surface area contributed by atoms with Crippen LogP contribution in [-0.4, -0.2) is 14.8 Å². The number of hydrogen-bond acceptors (Lipinski definition) is 2. The molecular weight excluding hydrogens is 162 g/mol. The Kier molecular flexibility index (Phi) is 3.43. The van der Waals surface area contributed by atoms with E-state index >= 15 is 0 Å². The second-order valence-electron chi connectivity index (χ2n) is 2.48. The number of rotatable bonds is 0. The van der Waals surface area contributed by atoms with Crippen molar-refractivity contribution in [2.24, 2.45) is 0 Å². The third-order valence-corrected chi connectivity index (χ3v) is 1.55. The van der Waals surface area contributed by atoms with Gasteiger partial charge in [-0.25, -0.2) is 9.67 Å². The van der Waals surface area contributed by atoms with E-state index in [-0.39, 0.29) is 0 Å². The van der Waals surface area contributed by atoms with E-state index in [2.05, 4.69) is 22.2 Å². The minimum absolute atomic E-state index is 0.816. The van der Waals surface area contributed by atoms with Gasteiger partial charge in [0.1, 0.15) is 5.82 Å². The summed E-state index contributed by atoms with van der Waals surface area (Å²) in [5.41, 5.74) is 0. The number of nitrogens with zero attached hydrogens (tertiary/aromatic N) is 3. The van der Waals surface area contributed by atoms with Gasteiger partial charge in [0.05, 0.1) is 0 Å². The van der Waals surface area contributed by atoms with Crippen LogP contribution in [0, 0.1) is 6.92 Å². The predicted octanol–water partition coefficient (Wildman–Crippen LogP) is 2.50. The lowest BCUT2D eigenvalue weighted by molar-refractivity contribution is 0.903. The van der Waals surface area contributed by atoms with Crippen LogP contribution in [0.4, 0.5) is 0 Å². The Morgan fingerprint density at radius 1 is 1.31 bits per heavy atom. The van der Waals surface area contributed by atoms with Gasteiger partial charge in [0.2, 0.25) is 0 Å². The summed E-state index contributed by atoms with van der Waals surface area (Å²) in [4.78, 5) is 4.22. The first-order valence-electron chi connectivity index (χ1n) is 4.62. The molecule has 0 radical (unpaired) electrons. The molecule has 3 nitrogen and oxygen atoms in total. The van der Waals surface area contributed by atoms with E-state index in [0.29, 0.717) is 0 Å². The van der Waals surface area contributed by atoms with Crippen LogP contribution >= 0.6 is 0 Å². The molecule has 0 atom stereocenters. The summed E-state index contributed by atoms with van der Waals surface area (Å²) in [6, 6.07) is 0. The van der Waals surface area contributed by atoms with Gasteiger partial charge < -0.3 is 0 Å². The van der Waals surface area contributed by atoms with Crippen molar-refractivity contribution in [3.05, 3.63) is 23.8 Å². The lowest BCUT2D eigenvalue weighted by Crippen LogP contribution is -1.90. The molecule has 0 saturated carbocycles. The number of fused-ring (bicyclic) bond motifs is 1. The fourth-order valence-corrected chi connectivity index (χ4v) is 1.08. The van der Waals surface area contributed by atoms with E-state index in [1.54, 1.807) is 4.68 Å². The molecule has 2 rings (SSSR count). The van der Waals surface area contributed by atoms with E-state index in [4.69, 9.17) is 0 Å². The Morgan fingerprint density at radius 3 is 2.85 bits per heavy atom. The quantitative estimate of drug-likeness (QED) is 0.609. The zero-order valence-corrected chi connectivity index (χ0v) is 8.36. The normalized spacial score (nSPS) is 12.8. The molecule has 0 fully saturated rings. The second-order valence-corrected chi connectivity index (χ2v) is 2.48. The zero-order chi connectivity index (χ0) is 9.68. The molecule has 0 unspecified atom stereocenters. The molecule has 0 bridgehead atoms. The molecule has 1 aromatic rings. The number of aromatic nitrogens is 3. The van der Waals surface area contributed by atoms with E-state index in [1.807, 2.05) is 33.0 Å². The molecule has 1 aliphatic heterocycles. The van der Waals surface area contributed by atoms with Crippen molar-refractivity contribution in [1.29, 1.82) is 0 Å². The highest BCUT2D eigenvalue weighted by Gasteiger charge is 2.01. The van der Waals surface area contributed by atoms with E-state index in [9.17, 15) is 0 Å². The molecule has 0 amide bonds. The van der Waals surface area contributed by atoms with Crippen LogP contribution in [0.1, 0.15) is 31.9 Å². The summed E-state index contributed by atoms with van der Waals surface area (Å²) in [7, 11) is 0. The van der Waals surface area contributed by atoms with Gasteiger partial charge in [-0.2, -0.15) is 5.10 Å². The van der Waals surface area contributed by atoms with Crippen LogP contribution in [0.3, 0.4) is 0 Å². The molecule has 0 aliphatic carbocycles. The summed E-state index contributed by atoms with van der Waals surface area (Å²) in [5.74, 6) is 1.73. The molecule has 0 N–H and O–H groups in total.